The number of aryl methyl sites for hydroxylation is 1. The third-order valence-corrected chi connectivity index (χ3v) is 3.62. The Bertz CT molecular complexity index is 896. The molecule has 3 rings (SSSR count). The minimum Gasteiger partial charge on any atom is -0.457 e. The molecule has 9 heteroatoms. The van der Waals surface area contributed by atoms with E-state index in [1.807, 2.05) is 25.9 Å². The van der Waals surface area contributed by atoms with Crippen molar-refractivity contribution in [1.29, 1.82) is 0 Å². The second kappa shape index (κ2) is 7.42. The number of alkyl halides is 2. The summed E-state index contributed by atoms with van der Waals surface area (Å²) in [5, 5.41) is 7.94. The normalized spacial score (nSPS) is 11.0. The zero-order valence-corrected chi connectivity index (χ0v) is 14.6. The van der Waals surface area contributed by atoms with Gasteiger partial charge in [-0.3, -0.25) is 0 Å². The van der Waals surface area contributed by atoms with Crippen LogP contribution in [0.25, 0.3) is 5.69 Å². The minimum absolute atomic E-state index is 0.0694. The van der Waals surface area contributed by atoms with E-state index in [1.54, 1.807) is 24.5 Å². The number of rotatable bonds is 6. The van der Waals surface area contributed by atoms with Gasteiger partial charge in [0.15, 0.2) is 0 Å². The van der Waals surface area contributed by atoms with Crippen LogP contribution in [0.4, 0.5) is 14.6 Å². The molecule has 0 aliphatic rings. The summed E-state index contributed by atoms with van der Waals surface area (Å²) in [6.45, 7) is 2.03. The first-order chi connectivity index (χ1) is 12.4. The summed E-state index contributed by atoms with van der Waals surface area (Å²) in [6.07, 6.45) is 0.765. The molecule has 7 nitrogen and oxygen atoms in total. The van der Waals surface area contributed by atoms with Crippen molar-refractivity contribution in [3.8, 4) is 11.7 Å². The van der Waals surface area contributed by atoms with Gasteiger partial charge in [0, 0.05) is 31.4 Å². The van der Waals surface area contributed by atoms with Crippen LogP contribution in [-0.4, -0.2) is 39.1 Å². The molecule has 0 N–H and O–H groups in total. The van der Waals surface area contributed by atoms with Gasteiger partial charge >= 0.3 is 6.01 Å². The maximum atomic E-state index is 12.8. The number of aromatic nitrogens is 5. The fourth-order valence-electron chi connectivity index (χ4n) is 2.37. The number of hydrogen-bond donors (Lipinski definition) is 0. The van der Waals surface area contributed by atoms with Crippen molar-refractivity contribution >= 4 is 5.82 Å². The lowest BCUT2D eigenvalue weighted by atomic mass is 10.2. The largest absolute Gasteiger partial charge is 0.457 e. The van der Waals surface area contributed by atoms with Crippen LogP contribution >= 0.6 is 0 Å². The fraction of sp³-hybridized carbons (Fsp3) is 0.294. The van der Waals surface area contributed by atoms with Crippen molar-refractivity contribution in [1.82, 2.24) is 25.0 Å². The van der Waals surface area contributed by atoms with Gasteiger partial charge in [-0.25, -0.2) is 18.4 Å². The summed E-state index contributed by atoms with van der Waals surface area (Å²) < 4.78 is 32.6. The molecule has 0 saturated heterocycles. The second-order valence-corrected chi connectivity index (χ2v) is 5.89. The molecule has 2 aromatic heterocycles. The lowest BCUT2D eigenvalue weighted by Crippen LogP contribution is -2.13. The van der Waals surface area contributed by atoms with Gasteiger partial charge in [0.25, 0.3) is 6.43 Å². The average Bonchev–Trinajstić information content (AvgIpc) is 3.10. The molecule has 2 heterocycles. The zero-order valence-electron chi connectivity index (χ0n) is 14.6. The predicted molar refractivity (Wildman–Crippen MR) is 91.7 cm³/mol. The highest BCUT2D eigenvalue weighted by Crippen LogP contribution is 2.21. The van der Waals surface area contributed by atoms with Gasteiger partial charge in [0.05, 0.1) is 11.9 Å². The Morgan fingerprint density at radius 2 is 2.08 bits per heavy atom. The molecule has 0 atom stereocenters. The van der Waals surface area contributed by atoms with Crippen molar-refractivity contribution in [3.05, 3.63) is 53.5 Å². The lowest BCUT2D eigenvalue weighted by Gasteiger charge is -2.14. The molecule has 136 valence electrons. The molecule has 0 spiro atoms. The molecule has 1 aromatic carbocycles. The summed E-state index contributed by atoms with van der Waals surface area (Å²) in [5.41, 5.74) is 1.90. The van der Waals surface area contributed by atoms with E-state index in [-0.39, 0.29) is 18.2 Å². The standard InChI is InChI=1S/C17H18F2N6O/c1-11-8-20-17(21-16(11)24(2)3)26-10-13-9-25(23-22-13)14-6-4-5-12(7-14)15(18)19/h4-9,15H,10H2,1-3H3. The van der Waals surface area contributed by atoms with Crippen molar-refractivity contribution in [2.45, 2.75) is 20.0 Å². The monoisotopic (exact) mass is 360 g/mol. The van der Waals surface area contributed by atoms with Crippen molar-refractivity contribution < 1.29 is 13.5 Å². The number of benzene rings is 1. The first-order valence-corrected chi connectivity index (χ1v) is 7.87. The molecule has 3 aromatic rings. The molecule has 0 aliphatic carbocycles. The molecule has 0 amide bonds. The molecule has 0 bridgehead atoms. The van der Waals surface area contributed by atoms with Crippen LogP contribution in [0.1, 0.15) is 23.2 Å². The topological polar surface area (TPSA) is 69.0 Å². The molecule has 26 heavy (non-hydrogen) atoms. The van der Waals surface area contributed by atoms with E-state index >= 15 is 0 Å². The Morgan fingerprint density at radius 1 is 1.27 bits per heavy atom. The highest BCUT2D eigenvalue weighted by molar-refractivity contribution is 5.44. The number of hydrogen-bond acceptors (Lipinski definition) is 6. The molecule has 0 fully saturated rings. The van der Waals surface area contributed by atoms with E-state index in [1.165, 1.54) is 16.8 Å². The molecule has 0 saturated carbocycles. The molecular weight excluding hydrogens is 342 g/mol. The Morgan fingerprint density at radius 3 is 2.81 bits per heavy atom. The summed E-state index contributed by atoms with van der Waals surface area (Å²) in [7, 11) is 3.77. The van der Waals surface area contributed by atoms with Crippen LogP contribution < -0.4 is 9.64 Å². The molecule has 0 aliphatic heterocycles. The van der Waals surface area contributed by atoms with Gasteiger partial charge < -0.3 is 9.64 Å². The lowest BCUT2D eigenvalue weighted by molar-refractivity contribution is 0.151. The first-order valence-electron chi connectivity index (χ1n) is 7.87. The van der Waals surface area contributed by atoms with E-state index in [2.05, 4.69) is 20.3 Å². The first kappa shape index (κ1) is 17.7. The van der Waals surface area contributed by atoms with E-state index in [9.17, 15) is 8.78 Å². The van der Waals surface area contributed by atoms with Gasteiger partial charge in [-0.05, 0) is 19.1 Å². The van der Waals surface area contributed by atoms with Crippen LogP contribution in [0.15, 0.2) is 36.7 Å². The quantitative estimate of drug-likeness (QED) is 0.673. The number of anilines is 1. The summed E-state index contributed by atoms with van der Waals surface area (Å²) in [4.78, 5) is 10.3. The Kier molecular flexibility index (Phi) is 5.06. The smallest absolute Gasteiger partial charge is 0.318 e. The number of ether oxygens (including phenoxy) is 1. The fourth-order valence-corrected chi connectivity index (χ4v) is 2.37. The maximum Gasteiger partial charge on any atom is 0.318 e. The molecular formula is C17H18F2N6O. The van der Waals surface area contributed by atoms with Crippen LogP contribution in [0, 0.1) is 6.92 Å². The predicted octanol–water partition coefficient (Wildman–Crippen LogP) is 2.95. The summed E-state index contributed by atoms with van der Waals surface area (Å²) >= 11 is 0. The SMILES string of the molecule is Cc1cnc(OCc2cn(-c3cccc(C(F)F)c3)nn2)nc1N(C)C. The van der Waals surface area contributed by atoms with Crippen molar-refractivity contribution in [2.75, 3.05) is 19.0 Å². The highest BCUT2D eigenvalue weighted by atomic mass is 19.3. The molecule has 0 radical (unpaired) electrons. The van der Waals surface area contributed by atoms with Crippen LogP contribution in [-0.2, 0) is 6.61 Å². The number of nitrogens with zero attached hydrogens (tertiary/aromatic N) is 6. The zero-order chi connectivity index (χ0) is 18.7. The van der Waals surface area contributed by atoms with Crippen molar-refractivity contribution in [3.63, 3.8) is 0 Å². The van der Waals surface area contributed by atoms with Crippen molar-refractivity contribution in [2.24, 2.45) is 0 Å². The molecule has 0 unspecified atom stereocenters. The van der Waals surface area contributed by atoms with Crippen LogP contribution in [0.3, 0.4) is 0 Å². The van der Waals surface area contributed by atoms with Gasteiger partial charge in [0.1, 0.15) is 18.1 Å². The van der Waals surface area contributed by atoms with E-state index in [0.717, 1.165) is 11.4 Å². The Hall–Kier alpha value is -3.10. The highest BCUT2D eigenvalue weighted by Gasteiger charge is 2.11. The average molecular weight is 360 g/mol. The summed E-state index contributed by atoms with van der Waals surface area (Å²) in [6, 6.07) is 6.20. The van der Waals surface area contributed by atoms with Crippen LogP contribution in [0.2, 0.25) is 0 Å². The van der Waals surface area contributed by atoms with Gasteiger partial charge in [-0.1, -0.05) is 17.3 Å². The Balaban J connectivity index is 1.71. The van der Waals surface area contributed by atoms with E-state index in [4.69, 9.17) is 4.74 Å². The maximum absolute atomic E-state index is 12.8. The van der Waals surface area contributed by atoms with Gasteiger partial charge in [-0.2, -0.15) is 4.98 Å². The minimum atomic E-state index is -2.54. The third kappa shape index (κ3) is 3.93. The van der Waals surface area contributed by atoms with E-state index in [0.29, 0.717) is 11.4 Å². The van der Waals surface area contributed by atoms with Gasteiger partial charge in [-0.15, -0.1) is 5.10 Å². The number of halogens is 2. The van der Waals surface area contributed by atoms with Gasteiger partial charge in [0.2, 0.25) is 0 Å². The van der Waals surface area contributed by atoms with E-state index < -0.39 is 6.43 Å². The van der Waals surface area contributed by atoms with Crippen LogP contribution in [0.5, 0.6) is 6.01 Å². The second-order valence-electron chi connectivity index (χ2n) is 5.89. The third-order valence-electron chi connectivity index (χ3n) is 3.62. The summed E-state index contributed by atoms with van der Waals surface area (Å²) in [5.74, 6) is 0.766. The Labute approximate surface area is 149 Å².